The number of hydrogen-bond acceptors (Lipinski definition) is 4. The number of pyridine rings is 1. The van der Waals surface area contributed by atoms with Crippen LogP contribution in [0.1, 0.15) is 15.9 Å². The topological polar surface area (TPSA) is 85.8 Å². The number of nitrogens with one attached hydrogen (secondary N) is 1. The summed E-state index contributed by atoms with van der Waals surface area (Å²) in [5.74, 6) is -1.07. The van der Waals surface area contributed by atoms with Crippen molar-refractivity contribution < 1.29 is 9.18 Å². The molecule has 0 atom stereocenters. The molecule has 7 heteroatoms. The number of carbonyl (C=O) groups excluding carboxylic acids is 1. The Bertz CT molecular complexity index is 581. The van der Waals surface area contributed by atoms with Gasteiger partial charge in [0.25, 0.3) is 5.91 Å². The van der Waals surface area contributed by atoms with Crippen molar-refractivity contribution in [2.45, 2.75) is 6.54 Å². The molecule has 0 aliphatic carbocycles. The molecule has 18 heavy (non-hydrogen) atoms. The summed E-state index contributed by atoms with van der Waals surface area (Å²) in [4.78, 5) is 15.4. The quantitative estimate of drug-likeness (QED) is 0.827. The van der Waals surface area contributed by atoms with E-state index in [2.05, 4.69) is 15.4 Å². The van der Waals surface area contributed by atoms with E-state index in [1.807, 2.05) is 0 Å². The van der Waals surface area contributed by atoms with E-state index >= 15 is 0 Å². The Morgan fingerprint density at radius 2 is 2.33 bits per heavy atom. The number of aryl methyl sites for hydroxylation is 1. The van der Waals surface area contributed by atoms with Crippen LogP contribution in [0.3, 0.4) is 0 Å². The Balaban J connectivity index is 2.05. The number of carbonyl (C=O) groups is 1. The van der Waals surface area contributed by atoms with Gasteiger partial charge in [0.15, 0.2) is 0 Å². The zero-order chi connectivity index (χ0) is 13.1. The van der Waals surface area contributed by atoms with Crippen LogP contribution in [0.4, 0.5) is 10.2 Å². The van der Waals surface area contributed by atoms with Crippen molar-refractivity contribution >= 4 is 11.7 Å². The number of amides is 1. The van der Waals surface area contributed by atoms with Gasteiger partial charge >= 0.3 is 0 Å². The predicted octanol–water partition coefficient (Wildman–Crippen LogP) is 0.466. The Kier molecular flexibility index (Phi) is 3.22. The lowest BCUT2D eigenvalue weighted by atomic mass is 10.2. The molecule has 0 spiro atoms. The number of rotatable bonds is 3. The summed E-state index contributed by atoms with van der Waals surface area (Å²) < 4.78 is 14.6. The Hall–Kier alpha value is -2.44. The van der Waals surface area contributed by atoms with Crippen LogP contribution < -0.4 is 11.1 Å². The maximum atomic E-state index is 13.0. The number of aromatic nitrogens is 3. The molecule has 1 amide bonds. The minimum absolute atomic E-state index is 0.0000803. The lowest BCUT2D eigenvalue weighted by Crippen LogP contribution is -2.24. The first-order chi connectivity index (χ1) is 8.56. The van der Waals surface area contributed by atoms with E-state index in [0.29, 0.717) is 6.54 Å². The molecule has 0 aliphatic heterocycles. The van der Waals surface area contributed by atoms with Gasteiger partial charge in [-0.15, -0.1) is 0 Å². The highest BCUT2D eigenvalue weighted by molar-refractivity contribution is 5.98. The Morgan fingerprint density at radius 3 is 3.00 bits per heavy atom. The second-order valence-corrected chi connectivity index (χ2v) is 3.79. The molecular formula is C11H12FN5O. The number of anilines is 1. The van der Waals surface area contributed by atoms with Crippen LogP contribution in [-0.4, -0.2) is 20.7 Å². The number of halogens is 1. The van der Waals surface area contributed by atoms with Gasteiger partial charge in [0.2, 0.25) is 0 Å². The molecule has 0 saturated carbocycles. The van der Waals surface area contributed by atoms with E-state index in [-0.39, 0.29) is 11.4 Å². The molecule has 0 aromatic carbocycles. The minimum Gasteiger partial charge on any atom is -0.383 e. The maximum Gasteiger partial charge on any atom is 0.255 e. The van der Waals surface area contributed by atoms with Crippen LogP contribution in [0.25, 0.3) is 0 Å². The highest BCUT2D eigenvalue weighted by Gasteiger charge is 2.11. The van der Waals surface area contributed by atoms with Crippen molar-refractivity contribution in [3.63, 3.8) is 0 Å². The maximum absolute atomic E-state index is 13.0. The Morgan fingerprint density at radius 1 is 1.56 bits per heavy atom. The third-order valence-electron chi connectivity index (χ3n) is 2.34. The van der Waals surface area contributed by atoms with Crippen molar-refractivity contribution in [2.75, 3.05) is 5.73 Å². The molecule has 0 radical (unpaired) electrons. The first kappa shape index (κ1) is 12.0. The van der Waals surface area contributed by atoms with Crippen LogP contribution in [0.2, 0.25) is 0 Å². The van der Waals surface area contributed by atoms with Gasteiger partial charge in [-0.05, 0) is 6.07 Å². The van der Waals surface area contributed by atoms with Gasteiger partial charge in [-0.2, -0.15) is 5.10 Å². The molecule has 0 unspecified atom stereocenters. The summed E-state index contributed by atoms with van der Waals surface area (Å²) in [6, 6.07) is 1.06. The number of hydrogen-bond donors (Lipinski definition) is 2. The van der Waals surface area contributed by atoms with Crippen LogP contribution in [-0.2, 0) is 13.6 Å². The number of nitrogens with zero attached hydrogens (tertiary/aromatic N) is 3. The highest BCUT2D eigenvalue weighted by Crippen LogP contribution is 2.09. The standard InChI is InChI=1S/C11H12FN5O/c1-17-6-7(4-16-17)3-15-11(18)9-2-8(12)5-14-10(9)13/h2,4-6H,3H2,1H3,(H2,13,14)(H,15,18). The van der Waals surface area contributed by atoms with Crippen LogP contribution in [0.15, 0.2) is 24.7 Å². The minimum atomic E-state index is -0.601. The lowest BCUT2D eigenvalue weighted by Gasteiger charge is -2.05. The average molecular weight is 249 g/mol. The van der Waals surface area contributed by atoms with E-state index in [1.54, 1.807) is 24.1 Å². The SMILES string of the molecule is Cn1cc(CNC(=O)c2cc(F)cnc2N)cn1. The molecular weight excluding hydrogens is 237 g/mol. The third kappa shape index (κ3) is 2.62. The van der Waals surface area contributed by atoms with Gasteiger partial charge in [0.05, 0.1) is 18.0 Å². The van der Waals surface area contributed by atoms with Crippen molar-refractivity contribution in [1.82, 2.24) is 20.1 Å². The molecule has 0 fully saturated rings. The van der Waals surface area contributed by atoms with E-state index < -0.39 is 11.7 Å². The molecule has 0 saturated heterocycles. The van der Waals surface area contributed by atoms with Gasteiger partial charge in [-0.25, -0.2) is 9.37 Å². The summed E-state index contributed by atoms with van der Waals surface area (Å²) in [6.07, 6.45) is 4.37. The zero-order valence-corrected chi connectivity index (χ0v) is 9.72. The summed E-state index contributed by atoms with van der Waals surface area (Å²) in [7, 11) is 1.78. The summed E-state index contributed by atoms with van der Waals surface area (Å²) in [6.45, 7) is 0.294. The zero-order valence-electron chi connectivity index (χ0n) is 9.72. The van der Waals surface area contributed by atoms with Crippen LogP contribution >= 0.6 is 0 Å². The van der Waals surface area contributed by atoms with E-state index in [9.17, 15) is 9.18 Å². The molecule has 2 rings (SSSR count). The van der Waals surface area contributed by atoms with Crippen molar-refractivity contribution in [1.29, 1.82) is 0 Å². The van der Waals surface area contributed by atoms with Gasteiger partial charge in [0, 0.05) is 25.4 Å². The highest BCUT2D eigenvalue weighted by atomic mass is 19.1. The third-order valence-corrected chi connectivity index (χ3v) is 2.34. The molecule has 6 nitrogen and oxygen atoms in total. The Labute approximate surface area is 103 Å². The van der Waals surface area contributed by atoms with E-state index in [0.717, 1.165) is 17.8 Å². The average Bonchev–Trinajstić information content (AvgIpc) is 2.75. The molecule has 0 bridgehead atoms. The predicted molar refractivity (Wildman–Crippen MR) is 63.0 cm³/mol. The summed E-state index contributed by atoms with van der Waals surface area (Å²) in [5.41, 5.74) is 6.38. The fourth-order valence-electron chi connectivity index (χ4n) is 1.47. The fraction of sp³-hybridized carbons (Fsp3) is 0.182. The molecule has 0 aliphatic rings. The number of nitrogens with two attached hydrogens (primary N) is 1. The monoisotopic (exact) mass is 249 g/mol. The molecule has 3 N–H and O–H groups in total. The molecule has 2 aromatic heterocycles. The van der Waals surface area contributed by atoms with Gasteiger partial charge < -0.3 is 11.1 Å². The molecule has 2 aromatic rings. The lowest BCUT2D eigenvalue weighted by molar-refractivity contribution is 0.0951. The van der Waals surface area contributed by atoms with Crippen molar-refractivity contribution in [3.8, 4) is 0 Å². The summed E-state index contributed by atoms with van der Waals surface area (Å²) >= 11 is 0. The summed E-state index contributed by atoms with van der Waals surface area (Å²) in [5, 5.41) is 6.58. The van der Waals surface area contributed by atoms with Gasteiger partial charge in [-0.1, -0.05) is 0 Å². The first-order valence-corrected chi connectivity index (χ1v) is 5.23. The fourth-order valence-corrected chi connectivity index (χ4v) is 1.47. The second kappa shape index (κ2) is 4.82. The molecule has 2 heterocycles. The number of nitrogen functional groups attached to an aromatic ring is 1. The largest absolute Gasteiger partial charge is 0.383 e. The smallest absolute Gasteiger partial charge is 0.255 e. The van der Waals surface area contributed by atoms with Crippen LogP contribution in [0, 0.1) is 5.82 Å². The normalized spacial score (nSPS) is 10.3. The molecule has 94 valence electrons. The van der Waals surface area contributed by atoms with Gasteiger partial charge in [0.1, 0.15) is 11.6 Å². The second-order valence-electron chi connectivity index (χ2n) is 3.79. The first-order valence-electron chi connectivity index (χ1n) is 5.23. The van der Waals surface area contributed by atoms with Gasteiger partial charge in [-0.3, -0.25) is 9.48 Å². The van der Waals surface area contributed by atoms with Crippen molar-refractivity contribution in [3.05, 3.63) is 41.6 Å². The van der Waals surface area contributed by atoms with Crippen LogP contribution in [0.5, 0.6) is 0 Å². The van der Waals surface area contributed by atoms with E-state index in [1.165, 1.54) is 0 Å². The van der Waals surface area contributed by atoms with E-state index in [4.69, 9.17) is 5.73 Å². The van der Waals surface area contributed by atoms with Crippen molar-refractivity contribution in [2.24, 2.45) is 7.05 Å².